The van der Waals surface area contributed by atoms with E-state index in [1.807, 2.05) is 17.6 Å². The summed E-state index contributed by atoms with van der Waals surface area (Å²) in [6, 6.07) is 6.32. The van der Waals surface area contributed by atoms with Crippen LogP contribution in [-0.2, 0) is 6.42 Å². The van der Waals surface area contributed by atoms with Gasteiger partial charge >= 0.3 is 0 Å². The first kappa shape index (κ1) is 12.4. The number of fused-ring (bicyclic) bond motifs is 1. The van der Waals surface area contributed by atoms with Gasteiger partial charge in [0.25, 0.3) is 0 Å². The van der Waals surface area contributed by atoms with Crippen LogP contribution in [0.3, 0.4) is 0 Å². The second kappa shape index (κ2) is 4.49. The molecule has 0 amide bonds. The highest BCUT2D eigenvalue weighted by Gasteiger charge is 2.24. The first-order chi connectivity index (χ1) is 9.08. The van der Waals surface area contributed by atoms with E-state index in [1.165, 1.54) is 12.1 Å². The van der Waals surface area contributed by atoms with Gasteiger partial charge in [0.1, 0.15) is 5.82 Å². The molecule has 0 N–H and O–H groups in total. The third-order valence-corrected chi connectivity index (χ3v) is 3.79. The molecule has 19 heavy (non-hydrogen) atoms. The van der Waals surface area contributed by atoms with Crippen LogP contribution < -0.4 is 0 Å². The van der Waals surface area contributed by atoms with Crippen LogP contribution in [0.2, 0.25) is 5.02 Å². The molecule has 98 valence electrons. The molecular weight excluding hydrogens is 265 g/mol. The molecule has 0 radical (unpaired) electrons. The number of hydrogen-bond acceptors (Lipinski definition) is 1. The van der Waals surface area contributed by atoms with Gasteiger partial charge in [0.05, 0.1) is 5.69 Å². The molecular formula is C15H13ClFNO. The van der Waals surface area contributed by atoms with E-state index in [0.717, 1.165) is 29.8 Å². The summed E-state index contributed by atoms with van der Waals surface area (Å²) in [7, 11) is 0. The van der Waals surface area contributed by atoms with Crippen molar-refractivity contribution in [3.05, 3.63) is 52.1 Å². The van der Waals surface area contributed by atoms with Crippen molar-refractivity contribution < 1.29 is 9.18 Å². The smallest absolute Gasteiger partial charge is 0.164 e. The van der Waals surface area contributed by atoms with Crippen molar-refractivity contribution in [2.45, 2.75) is 26.2 Å². The summed E-state index contributed by atoms with van der Waals surface area (Å²) in [5, 5.41) is 0.486. The molecule has 1 aliphatic carbocycles. The summed E-state index contributed by atoms with van der Waals surface area (Å²) < 4.78 is 15.8. The average Bonchev–Trinajstić information content (AvgIpc) is 2.70. The van der Waals surface area contributed by atoms with Crippen molar-refractivity contribution in [1.82, 2.24) is 4.57 Å². The molecule has 0 aliphatic heterocycles. The minimum absolute atomic E-state index is 0.144. The Kier molecular flexibility index (Phi) is 2.94. The predicted octanol–water partition coefficient (Wildman–Crippen LogP) is 4.10. The van der Waals surface area contributed by atoms with Crippen molar-refractivity contribution in [1.29, 1.82) is 0 Å². The van der Waals surface area contributed by atoms with E-state index in [9.17, 15) is 9.18 Å². The molecule has 0 bridgehead atoms. The normalized spacial score (nSPS) is 14.6. The molecule has 0 saturated carbocycles. The van der Waals surface area contributed by atoms with Gasteiger partial charge in [-0.3, -0.25) is 4.79 Å². The van der Waals surface area contributed by atoms with Gasteiger partial charge in [0.15, 0.2) is 5.78 Å². The number of aryl methyl sites for hydroxylation is 1. The number of carbonyl (C=O) groups is 1. The lowest BCUT2D eigenvalue weighted by Crippen LogP contribution is -2.13. The Balaban J connectivity index is 2.26. The van der Waals surface area contributed by atoms with Gasteiger partial charge < -0.3 is 4.57 Å². The first-order valence-corrected chi connectivity index (χ1v) is 6.65. The van der Waals surface area contributed by atoms with Gasteiger partial charge in [-0.2, -0.15) is 0 Å². The fourth-order valence-electron chi connectivity index (χ4n) is 2.72. The fraction of sp³-hybridized carbons (Fsp3) is 0.267. The number of halogens is 2. The monoisotopic (exact) mass is 277 g/mol. The quantitative estimate of drug-likeness (QED) is 0.769. The van der Waals surface area contributed by atoms with E-state index in [2.05, 4.69) is 0 Å². The molecule has 4 heteroatoms. The third-order valence-electron chi connectivity index (χ3n) is 3.55. The first-order valence-electron chi connectivity index (χ1n) is 6.28. The summed E-state index contributed by atoms with van der Waals surface area (Å²) in [5.41, 5.74) is 2.90. The number of ketones is 1. The predicted molar refractivity (Wildman–Crippen MR) is 72.7 cm³/mol. The van der Waals surface area contributed by atoms with E-state index in [0.29, 0.717) is 17.1 Å². The zero-order chi connectivity index (χ0) is 13.6. The number of aromatic nitrogens is 1. The minimum Gasteiger partial charge on any atom is -0.315 e. The van der Waals surface area contributed by atoms with Crippen molar-refractivity contribution in [2.75, 3.05) is 0 Å². The van der Waals surface area contributed by atoms with Crippen LogP contribution in [-0.4, -0.2) is 10.4 Å². The Labute approximate surface area is 115 Å². The van der Waals surface area contributed by atoms with E-state index >= 15 is 0 Å². The number of Topliss-reactive ketones (excluding diaryl/α,β-unsaturated/α-hetero) is 1. The van der Waals surface area contributed by atoms with Crippen molar-refractivity contribution in [2.24, 2.45) is 0 Å². The Morgan fingerprint density at radius 1 is 1.26 bits per heavy atom. The average molecular weight is 278 g/mol. The number of benzene rings is 1. The van der Waals surface area contributed by atoms with E-state index in [4.69, 9.17) is 11.6 Å². The third kappa shape index (κ3) is 1.98. The molecule has 0 spiro atoms. The highest BCUT2D eigenvalue weighted by Crippen LogP contribution is 2.30. The summed E-state index contributed by atoms with van der Waals surface area (Å²) in [5.74, 6) is -0.186. The molecule has 0 fully saturated rings. The van der Waals surface area contributed by atoms with Gasteiger partial charge in [0, 0.05) is 28.4 Å². The summed E-state index contributed by atoms with van der Waals surface area (Å²) >= 11 is 5.95. The van der Waals surface area contributed by atoms with E-state index in [1.54, 1.807) is 6.07 Å². The summed E-state index contributed by atoms with van der Waals surface area (Å²) in [4.78, 5) is 11.9. The fourth-order valence-corrected chi connectivity index (χ4v) is 2.89. The van der Waals surface area contributed by atoms with Gasteiger partial charge in [-0.25, -0.2) is 4.39 Å². The zero-order valence-electron chi connectivity index (χ0n) is 10.5. The van der Waals surface area contributed by atoms with E-state index < -0.39 is 0 Å². The lowest BCUT2D eigenvalue weighted by atomic mass is 9.96. The minimum atomic E-state index is -0.330. The molecule has 1 heterocycles. The zero-order valence-corrected chi connectivity index (χ0v) is 11.3. The van der Waals surface area contributed by atoms with Crippen LogP contribution in [0.1, 0.15) is 34.6 Å². The van der Waals surface area contributed by atoms with Gasteiger partial charge in [0.2, 0.25) is 0 Å². The maximum atomic E-state index is 14.0. The van der Waals surface area contributed by atoms with Gasteiger partial charge in [-0.1, -0.05) is 11.6 Å². The maximum Gasteiger partial charge on any atom is 0.164 e. The second-order valence-corrected chi connectivity index (χ2v) is 5.29. The Morgan fingerprint density at radius 3 is 2.84 bits per heavy atom. The van der Waals surface area contributed by atoms with Crippen LogP contribution in [0.15, 0.2) is 24.3 Å². The van der Waals surface area contributed by atoms with Crippen LogP contribution in [0.25, 0.3) is 5.69 Å². The lowest BCUT2D eigenvalue weighted by Gasteiger charge is -2.16. The summed E-state index contributed by atoms with van der Waals surface area (Å²) in [6.07, 6.45) is 2.19. The molecule has 0 atom stereocenters. The topological polar surface area (TPSA) is 22.0 Å². The Morgan fingerprint density at radius 2 is 2.05 bits per heavy atom. The van der Waals surface area contributed by atoms with Crippen LogP contribution in [0, 0.1) is 12.7 Å². The molecule has 3 rings (SSSR count). The summed E-state index contributed by atoms with van der Waals surface area (Å²) in [6.45, 7) is 1.88. The molecule has 2 nitrogen and oxygen atoms in total. The second-order valence-electron chi connectivity index (χ2n) is 4.85. The molecule has 0 unspecified atom stereocenters. The molecule has 1 aromatic heterocycles. The number of rotatable bonds is 1. The molecule has 2 aromatic rings. The van der Waals surface area contributed by atoms with Crippen LogP contribution in [0.5, 0.6) is 0 Å². The highest BCUT2D eigenvalue weighted by atomic mass is 35.5. The number of carbonyl (C=O) groups excluding carboxylic acids is 1. The molecule has 1 aliphatic rings. The van der Waals surface area contributed by atoms with Crippen molar-refractivity contribution in [3.63, 3.8) is 0 Å². The molecule has 0 saturated heterocycles. The standard InChI is InChI=1S/C15H13ClFNO/c1-9-7-11-13(3-2-4-15(11)19)18(9)14-8-10(16)5-6-12(14)17/h5-8H,2-4H2,1H3. The van der Waals surface area contributed by atoms with Crippen LogP contribution >= 0.6 is 11.6 Å². The number of nitrogens with zero attached hydrogens (tertiary/aromatic N) is 1. The SMILES string of the molecule is Cc1cc2c(n1-c1cc(Cl)ccc1F)CCCC2=O. The van der Waals surface area contributed by atoms with Crippen molar-refractivity contribution in [3.8, 4) is 5.69 Å². The van der Waals surface area contributed by atoms with Gasteiger partial charge in [-0.15, -0.1) is 0 Å². The number of hydrogen-bond donors (Lipinski definition) is 0. The van der Waals surface area contributed by atoms with Gasteiger partial charge in [-0.05, 0) is 44.0 Å². The molecule has 1 aromatic carbocycles. The lowest BCUT2D eigenvalue weighted by molar-refractivity contribution is 0.0972. The van der Waals surface area contributed by atoms with E-state index in [-0.39, 0.29) is 11.6 Å². The Hall–Kier alpha value is -1.61. The van der Waals surface area contributed by atoms with Crippen molar-refractivity contribution >= 4 is 17.4 Å². The van der Waals surface area contributed by atoms with Crippen LogP contribution in [0.4, 0.5) is 4.39 Å². The highest BCUT2D eigenvalue weighted by molar-refractivity contribution is 6.30. The Bertz CT molecular complexity index is 675. The maximum absolute atomic E-state index is 14.0. The largest absolute Gasteiger partial charge is 0.315 e.